The van der Waals surface area contributed by atoms with Gasteiger partial charge in [-0.15, -0.1) is 0 Å². The fraction of sp³-hybridized carbons (Fsp3) is 0.562. The maximum absolute atomic E-state index is 13.3. The molecule has 1 amide bonds. The highest BCUT2D eigenvalue weighted by atomic mass is 16.7. The molecule has 8 atom stereocenters. The van der Waals surface area contributed by atoms with Crippen molar-refractivity contribution in [2.75, 3.05) is 13.2 Å². The zero-order valence-corrected chi connectivity index (χ0v) is 46.1. The average Bonchev–Trinajstić information content (AvgIpc) is 3.41. The number of hydrogen-bond donors (Lipinski definition) is 6. The van der Waals surface area contributed by atoms with Crippen LogP contribution in [0.5, 0.6) is 0 Å². The molecular weight excluding hydrogens is 943 g/mol. The zero-order valence-electron chi connectivity index (χ0n) is 46.1. The van der Waals surface area contributed by atoms with Crippen LogP contribution >= 0.6 is 0 Å². The third-order valence-corrected chi connectivity index (χ3v) is 12.1. The molecule has 1 saturated heterocycles. The predicted octanol–water partition coefficient (Wildman–Crippen LogP) is 12.8. The molecule has 1 aliphatic heterocycles. The number of carbonyl (C=O) groups excluding carboxylic acids is 2. The Kier molecular flexibility index (Phi) is 45.6. The van der Waals surface area contributed by atoms with Gasteiger partial charge in [-0.1, -0.05) is 237 Å². The molecule has 0 aliphatic carbocycles. The normalized spacial score (nSPS) is 20.5. The van der Waals surface area contributed by atoms with E-state index in [0.717, 1.165) is 83.5 Å². The summed E-state index contributed by atoms with van der Waals surface area (Å²) in [6, 6.07) is -1.09. The molecule has 0 saturated carbocycles. The van der Waals surface area contributed by atoms with Crippen LogP contribution in [0.15, 0.2) is 158 Å². The fourth-order valence-corrected chi connectivity index (χ4v) is 7.64. The first kappa shape index (κ1) is 68.3. The van der Waals surface area contributed by atoms with Crippen LogP contribution in [0.25, 0.3) is 0 Å². The Balaban J connectivity index is 2.83. The van der Waals surface area contributed by atoms with Gasteiger partial charge in [0, 0.05) is 12.8 Å². The fourth-order valence-electron chi connectivity index (χ4n) is 7.64. The molecule has 1 fully saturated rings. The van der Waals surface area contributed by atoms with Crippen molar-refractivity contribution in [1.29, 1.82) is 0 Å². The lowest BCUT2D eigenvalue weighted by atomic mass is 9.99. The number of carbonyl (C=O) groups is 2. The Bertz CT molecular complexity index is 1820. The minimum Gasteiger partial charge on any atom is -0.454 e. The Morgan fingerprint density at radius 3 is 1.55 bits per heavy atom. The highest BCUT2D eigenvalue weighted by Crippen LogP contribution is 2.26. The summed E-state index contributed by atoms with van der Waals surface area (Å²) >= 11 is 0. The van der Waals surface area contributed by atoms with E-state index in [9.17, 15) is 35.1 Å². The summed E-state index contributed by atoms with van der Waals surface area (Å²) in [4.78, 5) is 26.4. The molecule has 1 aliphatic rings. The summed E-state index contributed by atoms with van der Waals surface area (Å²) in [5.41, 5.74) is 0. The number of hydrogen-bond acceptors (Lipinski definition) is 10. The number of rotatable bonds is 44. The smallest absolute Gasteiger partial charge is 0.306 e. The molecule has 1 heterocycles. The predicted molar refractivity (Wildman–Crippen MR) is 310 cm³/mol. The van der Waals surface area contributed by atoms with Crippen molar-refractivity contribution in [2.24, 2.45) is 0 Å². The van der Waals surface area contributed by atoms with Crippen molar-refractivity contribution >= 4 is 11.9 Å². The van der Waals surface area contributed by atoms with Crippen molar-refractivity contribution in [3.63, 3.8) is 0 Å². The first-order valence-electron chi connectivity index (χ1n) is 28.3. The molecule has 11 nitrogen and oxygen atoms in total. The van der Waals surface area contributed by atoms with E-state index in [2.05, 4.69) is 92.9 Å². The first-order valence-corrected chi connectivity index (χ1v) is 28.3. The monoisotopic (exact) mass is 1040 g/mol. The summed E-state index contributed by atoms with van der Waals surface area (Å²) < 4.78 is 17.5. The van der Waals surface area contributed by atoms with Gasteiger partial charge in [0.05, 0.1) is 25.4 Å². The van der Waals surface area contributed by atoms with Crippen LogP contribution in [0.3, 0.4) is 0 Å². The number of nitrogens with one attached hydrogen (secondary N) is 1. The Hall–Kier alpha value is -4.72. The van der Waals surface area contributed by atoms with Crippen LogP contribution in [0.2, 0.25) is 0 Å². The second kappa shape index (κ2) is 50.1. The van der Waals surface area contributed by atoms with E-state index in [1.807, 2.05) is 79.0 Å². The van der Waals surface area contributed by atoms with Crippen molar-refractivity contribution in [1.82, 2.24) is 5.32 Å². The molecule has 420 valence electrons. The lowest BCUT2D eigenvalue weighted by Gasteiger charge is -2.41. The standard InChI is InChI=1S/C64H99NO10/c1-4-7-10-13-16-19-22-24-26-28-30-31-33-36-39-42-45-48-51-57(68)63(72)65-55(56(67)50-47-44-41-38-35-21-18-15-12-9-6-3)54-73-64-62(61(71)60(70)58(53-66)74-64)75-59(69)52-49-46-43-40-37-34-32-29-27-25-23-20-17-14-11-8-5-2/h7-8,10-11,14,16-17,19-20,23-27,29-32,34,36-37,39,45,47-48,50,55-58,60-62,64,66-68,70-71H,4-6,9,12-13,15,18,21-22,28,33,35,38,40-44,46,49,51-54H2,1-3H3,(H,65,72)/b10-7-,11-8-,17-14+,19-16-,23-20+,26-24-,27-25-,31-30-,32-29+,37-34+,39-36-,48-45-,50-47+. The third kappa shape index (κ3) is 38.5. The number of allylic oxidation sites excluding steroid dienone is 24. The Labute approximate surface area is 453 Å². The van der Waals surface area contributed by atoms with Crippen LogP contribution < -0.4 is 5.32 Å². The molecule has 11 heteroatoms. The number of unbranched alkanes of at least 4 members (excludes halogenated alkanes) is 12. The molecular formula is C64H99NO10. The van der Waals surface area contributed by atoms with Gasteiger partial charge in [-0.25, -0.2) is 0 Å². The van der Waals surface area contributed by atoms with Gasteiger partial charge in [0.25, 0.3) is 0 Å². The van der Waals surface area contributed by atoms with E-state index in [-0.39, 0.29) is 19.4 Å². The second-order valence-electron chi connectivity index (χ2n) is 18.7. The highest BCUT2D eigenvalue weighted by molar-refractivity contribution is 5.81. The van der Waals surface area contributed by atoms with Crippen LogP contribution in [0, 0.1) is 0 Å². The van der Waals surface area contributed by atoms with Gasteiger partial charge in [0.15, 0.2) is 12.4 Å². The van der Waals surface area contributed by atoms with Gasteiger partial charge < -0.3 is 45.1 Å². The molecule has 0 aromatic carbocycles. The van der Waals surface area contributed by atoms with Crippen molar-refractivity contribution in [3.05, 3.63) is 158 Å². The molecule has 0 aromatic rings. The summed E-state index contributed by atoms with van der Waals surface area (Å²) in [6.07, 6.45) is 63.0. The van der Waals surface area contributed by atoms with Gasteiger partial charge >= 0.3 is 5.97 Å². The number of aliphatic hydroxyl groups excluding tert-OH is 5. The Morgan fingerprint density at radius 1 is 0.547 bits per heavy atom. The van der Waals surface area contributed by atoms with E-state index >= 15 is 0 Å². The number of esters is 1. The quantitative estimate of drug-likeness (QED) is 0.0149. The molecule has 8 unspecified atom stereocenters. The molecule has 0 bridgehead atoms. The lowest BCUT2D eigenvalue weighted by molar-refractivity contribution is -0.305. The average molecular weight is 1040 g/mol. The van der Waals surface area contributed by atoms with Gasteiger partial charge in [-0.2, -0.15) is 0 Å². The van der Waals surface area contributed by atoms with E-state index in [1.165, 1.54) is 38.5 Å². The summed E-state index contributed by atoms with van der Waals surface area (Å²) in [6.45, 7) is 5.41. The van der Waals surface area contributed by atoms with E-state index in [1.54, 1.807) is 12.2 Å². The maximum atomic E-state index is 13.3. The summed E-state index contributed by atoms with van der Waals surface area (Å²) in [5.74, 6) is -1.35. The maximum Gasteiger partial charge on any atom is 0.306 e. The van der Waals surface area contributed by atoms with Crippen LogP contribution in [0.1, 0.15) is 168 Å². The largest absolute Gasteiger partial charge is 0.454 e. The molecule has 0 radical (unpaired) electrons. The van der Waals surface area contributed by atoms with E-state index in [0.29, 0.717) is 12.8 Å². The van der Waals surface area contributed by atoms with Crippen molar-refractivity contribution in [3.8, 4) is 0 Å². The van der Waals surface area contributed by atoms with E-state index < -0.39 is 67.4 Å². The van der Waals surface area contributed by atoms with E-state index in [4.69, 9.17) is 14.2 Å². The number of amides is 1. The highest BCUT2D eigenvalue weighted by Gasteiger charge is 2.47. The van der Waals surface area contributed by atoms with Gasteiger partial charge in [0.2, 0.25) is 5.91 Å². The lowest BCUT2D eigenvalue weighted by Crippen LogP contribution is -2.61. The third-order valence-electron chi connectivity index (χ3n) is 12.1. The van der Waals surface area contributed by atoms with Gasteiger partial charge in [-0.3, -0.25) is 9.59 Å². The molecule has 0 spiro atoms. The first-order chi connectivity index (χ1) is 36.7. The van der Waals surface area contributed by atoms with Crippen LogP contribution in [-0.4, -0.2) is 99.6 Å². The summed E-state index contributed by atoms with van der Waals surface area (Å²) in [5, 5.41) is 56.7. The molecule has 1 rings (SSSR count). The van der Waals surface area contributed by atoms with Crippen molar-refractivity contribution in [2.45, 2.75) is 217 Å². The minimum absolute atomic E-state index is 0.0429. The van der Waals surface area contributed by atoms with Crippen LogP contribution in [-0.2, 0) is 23.8 Å². The second-order valence-corrected chi connectivity index (χ2v) is 18.7. The molecule has 6 N–H and O–H groups in total. The number of ether oxygens (including phenoxy) is 3. The minimum atomic E-state index is -1.66. The topological polar surface area (TPSA) is 175 Å². The van der Waals surface area contributed by atoms with Gasteiger partial charge in [-0.05, 0) is 77.0 Å². The zero-order chi connectivity index (χ0) is 54.7. The van der Waals surface area contributed by atoms with Gasteiger partial charge in [0.1, 0.15) is 24.4 Å². The molecule has 0 aromatic heterocycles. The molecule has 75 heavy (non-hydrogen) atoms. The SMILES string of the molecule is CC\C=C/C=C/C=C/C=C\C=C\C=C\CCCCCC(=O)OC1C(OCC(NC(=O)C(O)C/C=C\C/C=C\C/C=C\C/C=C\C/C=C\C/C=C\CC)C(O)/C=C/CCCCCCCCCCC)OC(CO)C(O)C1O. The van der Waals surface area contributed by atoms with Crippen LogP contribution in [0.4, 0.5) is 0 Å². The van der Waals surface area contributed by atoms with Crippen molar-refractivity contribution < 1.29 is 49.3 Å². The summed E-state index contributed by atoms with van der Waals surface area (Å²) in [7, 11) is 0. The Morgan fingerprint density at radius 2 is 1.01 bits per heavy atom. The number of aliphatic hydroxyl groups is 5.